The van der Waals surface area contributed by atoms with Crippen LogP contribution in [0.25, 0.3) is 0 Å². The predicted octanol–water partition coefficient (Wildman–Crippen LogP) is 1.77. The fourth-order valence-corrected chi connectivity index (χ4v) is 1.77. The van der Waals surface area contributed by atoms with E-state index in [1.807, 2.05) is 38.6 Å². The molecule has 0 aliphatic carbocycles. The molecule has 2 aromatic rings. The Morgan fingerprint density at radius 3 is 2.84 bits per heavy atom. The normalized spacial score (nSPS) is 12.4. The van der Waals surface area contributed by atoms with Crippen molar-refractivity contribution in [2.24, 2.45) is 7.05 Å². The van der Waals surface area contributed by atoms with Gasteiger partial charge in [-0.1, -0.05) is 12.1 Å². The Hall–Kier alpha value is -2.11. The van der Waals surface area contributed by atoms with Gasteiger partial charge in [-0.3, -0.25) is 4.79 Å². The van der Waals surface area contributed by atoms with E-state index in [-0.39, 0.29) is 11.9 Å². The molecular weight excluding hydrogens is 244 g/mol. The van der Waals surface area contributed by atoms with Gasteiger partial charge in [0, 0.05) is 25.4 Å². The number of hydrogen-bond acceptors (Lipinski definition) is 4. The lowest BCUT2D eigenvalue weighted by Gasteiger charge is -2.09. The molecule has 0 aliphatic heterocycles. The largest absolute Gasteiger partial charge is 0.354 e. The Morgan fingerprint density at radius 1 is 1.58 bits per heavy atom. The van der Waals surface area contributed by atoms with Gasteiger partial charge in [-0.15, -0.1) is 0 Å². The van der Waals surface area contributed by atoms with E-state index < -0.39 is 0 Å². The molecule has 6 nitrogen and oxygen atoms in total. The van der Waals surface area contributed by atoms with Crippen LogP contribution in [0.1, 0.15) is 47.7 Å². The molecule has 102 valence electrons. The molecule has 0 spiro atoms. The number of amides is 1. The van der Waals surface area contributed by atoms with Gasteiger partial charge in [-0.25, -0.2) is 0 Å². The minimum Gasteiger partial charge on any atom is -0.354 e. The van der Waals surface area contributed by atoms with Gasteiger partial charge in [0.2, 0.25) is 5.89 Å². The summed E-state index contributed by atoms with van der Waals surface area (Å²) in [6, 6.07) is 1.49. The summed E-state index contributed by atoms with van der Waals surface area (Å²) in [6.45, 7) is 5.68. The third kappa shape index (κ3) is 2.67. The average Bonchev–Trinajstić information content (AvgIpc) is 2.98. The number of rotatable bonds is 4. The lowest BCUT2D eigenvalue weighted by atomic mass is 10.2. The molecule has 2 rings (SSSR count). The minimum absolute atomic E-state index is 0.137. The third-order valence-corrected chi connectivity index (χ3v) is 3.15. The minimum atomic E-state index is -0.306. The van der Waals surface area contributed by atoms with E-state index in [1.54, 1.807) is 6.07 Å². The summed E-state index contributed by atoms with van der Waals surface area (Å²) in [5.41, 5.74) is 1.58. The second-order valence-corrected chi connectivity index (χ2v) is 4.52. The fourth-order valence-electron chi connectivity index (χ4n) is 1.77. The maximum atomic E-state index is 12.1. The van der Waals surface area contributed by atoms with Crippen LogP contribution in [-0.2, 0) is 13.5 Å². The zero-order valence-corrected chi connectivity index (χ0v) is 11.6. The third-order valence-electron chi connectivity index (χ3n) is 3.15. The SMILES string of the molecule is CCc1noc([C@@H](C)NC(=O)c2ccn(C)c2C)n1. The maximum Gasteiger partial charge on any atom is 0.253 e. The molecule has 1 atom stereocenters. The number of carbonyl (C=O) groups excluding carboxylic acids is 1. The number of hydrogen-bond donors (Lipinski definition) is 1. The second-order valence-electron chi connectivity index (χ2n) is 4.52. The van der Waals surface area contributed by atoms with E-state index in [0.717, 1.165) is 5.69 Å². The smallest absolute Gasteiger partial charge is 0.253 e. The van der Waals surface area contributed by atoms with Gasteiger partial charge in [0.25, 0.3) is 5.91 Å². The summed E-state index contributed by atoms with van der Waals surface area (Å²) in [5.74, 6) is 0.938. The summed E-state index contributed by atoms with van der Waals surface area (Å²) in [7, 11) is 1.90. The molecule has 19 heavy (non-hydrogen) atoms. The topological polar surface area (TPSA) is 73.0 Å². The standard InChI is InChI=1S/C13H18N4O2/c1-5-11-15-13(19-16-11)8(2)14-12(18)10-6-7-17(4)9(10)3/h6-8H,5H2,1-4H3,(H,14,18)/t8-/m1/s1. The van der Waals surface area contributed by atoms with Gasteiger partial charge in [0.1, 0.15) is 6.04 Å². The molecule has 0 bridgehead atoms. The monoisotopic (exact) mass is 262 g/mol. The lowest BCUT2D eigenvalue weighted by Crippen LogP contribution is -2.27. The molecule has 0 aliphatic rings. The Morgan fingerprint density at radius 2 is 2.32 bits per heavy atom. The highest BCUT2D eigenvalue weighted by atomic mass is 16.5. The first-order valence-electron chi connectivity index (χ1n) is 6.28. The van der Waals surface area contributed by atoms with Crippen molar-refractivity contribution >= 4 is 5.91 Å². The summed E-state index contributed by atoms with van der Waals surface area (Å²) in [5, 5.41) is 6.67. The van der Waals surface area contributed by atoms with Crippen LogP contribution in [0, 0.1) is 6.92 Å². The van der Waals surface area contributed by atoms with Gasteiger partial charge < -0.3 is 14.4 Å². The Kier molecular flexibility index (Phi) is 3.69. The zero-order chi connectivity index (χ0) is 14.0. The van der Waals surface area contributed by atoms with Crippen LogP contribution in [0.3, 0.4) is 0 Å². The molecule has 0 radical (unpaired) electrons. The van der Waals surface area contributed by atoms with Gasteiger partial charge in [-0.2, -0.15) is 4.98 Å². The maximum absolute atomic E-state index is 12.1. The predicted molar refractivity (Wildman–Crippen MR) is 69.7 cm³/mol. The van der Waals surface area contributed by atoms with E-state index in [9.17, 15) is 4.79 Å². The molecule has 1 amide bonds. The van der Waals surface area contributed by atoms with Crippen molar-refractivity contribution in [2.75, 3.05) is 0 Å². The molecule has 0 fully saturated rings. The van der Waals surface area contributed by atoms with Crippen molar-refractivity contribution in [1.82, 2.24) is 20.0 Å². The summed E-state index contributed by atoms with van der Waals surface area (Å²) in [6.07, 6.45) is 2.57. The molecule has 0 saturated heterocycles. The van der Waals surface area contributed by atoms with Crippen LogP contribution < -0.4 is 5.32 Å². The van der Waals surface area contributed by atoms with Crippen molar-refractivity contribution in [1.29, 1.82) is 0 Å². The number of carbonyl (C=O) groups is 1. The Bertz CT molecular complexity index is 585. The van der Waals surface area contributed by atoms with Gasteiger partial charge in [0.15, 0.2) is 5.82 Å². The van der Waals surface area contributed by atoms with Crippen molar-refractivity contribution in [3.63, 3.8) is 0 Å². The lowest BCUT2D eigenvalue weighted by molar-refractivity contribution is 0.0932. The molecule has 0 unspecified atom stereocenters. The average molecular weight is 262 g/mol. The number of aromatic nitrogens is 3. The highest BCUT2D eigenvalue weighted by Crippen LogP contribution is 2.13. The van der Waals surface area contributed by atoms with Crippen LogP contribution in [0.5, 0.6) is 0 Å². The van der Waals surface area contributed by atoms with Gasteiger partial charge >= 0.3 is 0 Å². The van der Waals surface area contributed by atoms with E-state index in [0.29, 0.717) is 23.7 Å². The van der Waals surface area contributed by atoms with Crippen LogP contribution >= 0.6 is 0 Å². The van der Waals surface area contributed by atoms with Crippen LogP contribution in [0.15, 0.2) is 16.8 Å². The molecule has 2 aromatic heterocycles. The van der Waals surface area contributed by atoms with Crippen molar-refractivity contribution in [3.05, 3.63) is 35.2 Å². The molecule has 0 saturated carbocycles. The van der Waals surface area contributed by atoms with E-state index in [1.165, 1.54) is 0 Å². The summed E-state index contributed by atoms with van der Waals surface area (Å²) < 4.78 is 7.01. The summed E-state index contributed by atoms with van der Waals surface area (Å²) >= 11 is 0. The zero-order valence-electron chi connectivity index (χ0n) is 11.6. The fraction of sp³-hybridized carbons (Fsp3) is 0.462. The Balaban J connectivity index is 2.08. The molecule has 1 N–H and O–H groups in total. The van der Waals surface area contributed by atoms with Gasteiger partial charge in [0.05, 0.1) is 5.56 Å². The number of nitrogens with one attached hydrogen (secondary N) is 1. The first kappa shape index (κ1) is 13.3. The molecule has 0 aromatic carbocycles. The molecular formula is C13H18N4O2. The quantitative estimate of drug-likeness (QED) is 0.911. The van der Waals surface area contributed by atoms with Gasteiger partial charge in [-0.05, 0) is 19.9 Å². The van der Waals surface area contributed by atoms with Crippen molar-refractivity contribution < 1.29 is 9.32 Å². The highest BCUT2D eigenvalue weighted by molar-refractivity contribution is 5.95. The Labute approximate surface area is 111 Å². The highest BCUT2D eigenvalue weighted by Gasteiger charge is 2.18. The van der Waals surface area contributed by atoms with Crippen LogP contribution in [-0.4, -0.2) is 20.6 Å². The summed E-state index contributed by atoms with van der Waals surface area (Å²) in [4.78, 5) is 16.3. The first-order chi connectivity index (χ1) is 9.02. The first-order valence-corrected chi connectivity index (χ1v) is 6.28. The van der Waals surface area contributed by atoms with Crippen LogP contribution in [0.2, 0.25) is 0 Å². The molecule has 6 heteroatoms. The van der Waals surface area contributed by atoms with E-state index in [4.69, 9.17) is 4.52 Å². The van der Waals surface area contributed by atoms with E-state index in [2.05, 4.69) is 15.5 Å². The van der Waals surface area contributed by atoms with Crippen molar-refractivity contribution in [3.8, 4) is 0 Å². The molecule has 2 heterocycles. The van der Waals surface area contributed by atoms with E-state index >= 15 is 0 Å². The second kappa shape index (κ2) is 5.26. The van der Waals surface area contributed by atoms with Crippen molar-refractivity contribution in [2.45, 2.75) is 33.2 Å². The van der Waals surface area contributed by atoms with Crippen LogP contribution in [0.4, 0.5) is 0 Å². The number of aryl methyl sites for hydroxylation is 2. The number of nitrogens with zero attached hydrogens (tertiary/aromatic N) is 3.